The zero-order valence-corrected chi connectivity index (χ0v) is 25.7. The lowest BCUT2D eigenvalue weighted by Gasteiger charge is -2.44. The molecular weight excluding hydrogens is 632 g/mol. The van der Waals surface area contributed by atoms with Crippen molar-refractivity contribution in [1.29, 1.82) is 5.26 Å². The van der Waals surface area contributed by atoms with E-state index in [2.05, 4.69) is 14.9 Å². The highest BCUT2D eigenvalue weighted by atomic mass is 35.5. The Morgan fingerprint density at radius 1 is 1.20 bits per heavy atom. The van der Waals surface area contributed by atoms with E-state index < -0.39 is 35.1 Å². The number of nitrogen functional groups attached to an aromatic ring is 1. The fraction of sp³-hybridized carbons (Fsp3) is 0.452. The Bertz CT molecular complexity index is 1960. The predicted octanol–water partition coefficient (Wildman–Crippen LogP) is 6.55. The molecule has 5 heterocycles. The van der Waals surface area contributed by atoms with Gasteiger partial charge in [0.05, 0.1) is 32.8 Å². The summed E-state index contributed by atoms with van der Waals surface area (Å²) in [5.74, 6) is -1.12. The van der Waals surface area contributed by atoms with Crippen LogP contribution in [0.3, 0.4) is 0 Å². The largest absolute Gasteiger partial charge is 0.483 e. The zero-order chi connectivity index (χ0) is 31.4. The highest BCUT2D eigenvalue weighted by Crippen LogP contribution is 2.54. The topological polar surface area (TPSA) is 101 Å². The summed E-state index contributed by atoms with van der Waals surface area (Å²) >= 11 is 7.87. The molecule has 0 radical (unpaired) electrons. The van der Waals surface area contributed by atoms with Crippen LogP contribution in [0, 0.1) is 23.0 Å². The number of hydrogen-bond acceptors (Lipinski definition) is 9. The van der Waals surface area contributed by atoms with Crippen LogP contribution in [0.25, 0.3) is 32.1 Å². The van der Waals surface area contributed by atoms with Crippen LogP contribution in [0.5, 0.6) is 11.8 Å². The Morgan fingerprint density at radius 3 is 2.76 bits per heavy atom. The van der Waals surface area contributed by atoms with Gasteiger partial charge in [0.2, 0.25) is 0 Å². The first-order valence-electron chi connectivity index (χ1n) is 14.7. The van der Waals surface area contributed by atoms with Crippen molar-refractivity contribution in [3.8, 4) is 29.0 Å². The van der Waals surface area contributed by atoms with E-state index in [4.69, 9.17) is 26.8 Å². The average molecular weight is 659 g/mol. The number of aromatic nitrogens is 2. The van der Waals surface area contributed by atoms with Crippen molar-refractivity contribution < 1.29 is 27.0 Å². The smallest absolute Gasteiger partial charge is 0.319 e. The van der Waals surface area contributed by atoms with Gasteiger partial charge in [0.15, 0.2) is 11.6 Å². The standard InChI is InChI=1S/C31H27ClF4N6O2S/c1-41-12-31(8-14(33)9-31)44-25-21-24(39-29(40-28(21)41)43-13-30-5-2-6-42(30)11-15(34)7-30)23(36)20(22(25)32)16-3-4-18(35)26-19(16)17(10-37)27(38)45-26/h3-4,14-15H,2,5-9,11-13,38H2,1H3/t14?,15-,30+,31?/m1/s1. The maximum atomic E-state index is 17.0. The van der Waals surface area contributed by atoms with Gasteiger partial charge < -0.3 is 20.1 Å². The zero-order valence-electron chi connectivity index (χ0n) is 24.1. The fourth-order valence-corrected chi connectivity index (χ4v) is 9.05. The fourth-order valence-electron chi connectivity index (χ4n) is 7.78. The maximum absolute atomic E-state index is 17.0. The number of thiophene rings is 1. The molecule has 1 aliphatic carbocycles. The van der Waals surface area contributed by atoms with Gasteiger partial charge in [-0.05, 0) is 31.0 Å². The van der Waals surface area contributed by atoms with Gasteiger partial charge in [0, 0.05) is 43.8 Å². The van der Waals surface area contributed by atoms with Gasteiger partial charge in [0.1, 0.15) is 52.8 Å². The number of nitrogens with two attached hydrogens (primary N) is 1. The normalized spacial score (nSPS) is 27.4. The third kappa shape index (κ3) is 4.18. The number of nitriles is 1. The van der Waals surface area contributed by atoms with E-state index >= 15 is 4.39 Å². The third-order valence-corrected chi connectivity index (χ3v) is 11.2. The van der Waals surface area contributed by atoms with E-state index in [1.165, 1.54) is 6.07 Å². The van der Waals surface area contributed by atoms with Crippen molar-refractivity contribution in [3.05, 3.63) is 34.4 Å². The molecule has 1 saturated carbocycles. The van der Waals surface area contributed by atoms with Gasteiger partial charge in [-0.3, -0.25) is 4.90 Å². The first-order chi connectivity index (χ1) is 21.5. The molecular formula is C31H27ClF4N6O2S. The Balaban J connectivity index is 1.35. The van der Waals surface area contributed by atoms with Crippen LogP contribution in [-0.4, -0.2) is 71.6 Å². The quantitative estimate of drug-likeness (QED) is 0.247. The van der Waals surface area contributed by atoms with Crippen LogP contribution in [0.4, 0.5) is 28.4 Å². The number of rotatable bonds is 4. The summed E-state index contributed by atoms with van der Waals surface area (Å²) in [5, 5.41) is 10.1. The molecule has 2 N–H and O–H groups in total. The summed E-state index contributed by atoms with van der Waals surface area (Å²) < 4.78 is 73.4. The van der Waals surface area contributed by atoms with Gasteiger partial charge >= 0.3 is 6.01 Å². The molecule has 1 spiro atoms. The number of nitrogens with zero attached hydrogens (tertiary/aromatic N) is 5. The van der Waals surface area contributed by atoms with E-state index in [1.807, 2.05) is 6.07 Å². The highest BCUT2D eigenvalue weighted by molar-refractivity contribution is 7.23. The van der Waals surface area contributed by atoms with E-state index in [9.17, 15) is 18.4 Å². The van der Waals surface area contributed by atoms with Crippen LogP contribution >= 0.6 is 22.9 Å². The molecule has 3 fully saturated rings. The lowest BCUT2D eigenvalue weighted by molar-refractivity contribution is -0.0525. The number of alkyl halides is 2. The molecule has 8 nitrogen and oxygen atoms in total. The summed E-state index contributed by atoms with van der Waals surface area (Å²) in [6.07, 6.45) is 0.157. The van der Waals surface area contributed by atoms with Crippen LogP contribution in [0.15, 0.2) is 12.1 Å². The van der Waals surface area contributed by atoms with Crippen LogP contribution in [0.2, 0.25) is 5.02 Å². The summed E-state index contributed by atoms with van der Waals surface area (Å²) in [4.78, 5) is 13.0. The van der Waals surface area contributed by atoms with Crippen molar-refractivity contribution in [1.82, 2.24) is 14.9 Å². The van der Waals surface area contributed by atoms with Gasteiger partial charge in [-0.25, -0.2) is 17.6 Å². The maximum Gasteiger partial charge on any atom is 0.319 e. The Morgan fingerprint density at radius 2 is 2.00 bits per heavy atom. The minimum absolute atomic E-state index is 0.00202. The van der Waals surface area contributed by atoms with Crippen molar-refractivity contribution in [2.45, 2.75) is 55.6 Å². The van der Waals surface area contributed by atoms with Crippen molar-refractivity contribution in [3.63, 3.8) is 0 Å². The summed E-state index contributed by atoms with van der Waals surface area (Å²) in [5.41, 5.74) is 4.40. The number of halogens is 5. The molecule has 2 atom stereocenters. The average Bonchev–Trinajstić information content (AvgIpc) is 3.60. The first-order valence-corrected chi connectivity index (χ1v) is 15.9. The molecule has 234 valence electrons. The summed E-state index contributed by atoms with van der Waals surface area (Å²) in [7, 11) is 1.75. The minimum Gasteiger partial charge on any atom is -0.483 e. The monoisotopic (exact) mass is 658 g/mol. The van der Waals surface area contributed by atoms with E-state index in [1.54, 1.807) is 11.9 Å². The molecule has 2 saturated heterocycles. The predicted molar refractivity (Wildman–Crippen MR) is 164 cm³/mol. The second-order valence-electron chi connectivity index (χ2n) is 12.6. The number of anilines is 2. The second kappa shape index (κ2) is 9.95. The molecule has 45 heavy (non-hydrogen) atoms. The van der Waals surface area contributed by atoms with Crippen LogP contribution in [-0.2, 0) is 0 Å². The lowest BCUT2D eigenvalue weighted by atomic mass is 9.78. The van der Waals surface area contributed by atoms with Gasteiger partial charge in [-0.1, -0.05) is 17.7 Å². The summed E-state index contributed by atoms with van der Waals surface area (Å²) in [6.45, 7) is 1.48. The molecule has 4 aromatic rings. The number of ether oxygens (including phenoxy) is 2. The first kappa shape index (κ1) is 28.8. The Hall–Kier alpha value is -3.60. The number of likely N-dealkylation sites (N-methyl/N-ethyl adjacent to an activating group) is 1. The van der Waals surface area contributed by atoms with Crippen molar-refractivity contribution in [2.24, 2.45) is 0 Å². The second-order valence-corrected chi connectivity index (χ2v) is 14.1. The van der Waals surface area contributed by atoms with Gasteiger partial charge in [0.25, 0.3) is 0 Å². The number of benzene rings is 2. The Kier molecular flexibility index (Phi) is 6.38. The lowest BCUT2D eigenvalue weighted by Crippen LogP contribution is -2.56. The van der Waals surface area contributed by atoms with Crippen molar-refractivity contribution >= 4 is 54.7 Å². The van der Waals surface area contributed by atoms with Crippen molar-refractivity contribution in [2.75, 3.05) is 43.9 Å². The molecule has 14 heteroatoms. The number of fused-ring (bicyclic) bond motifs is 2. The molecule has 0 unspecified atom stereocenters. The molecule has 0 amide bonds. The molecule has 2 aromatic heterocycles. The molecule has 4 aliphatic rings. The van der Waals surface area contributed by atoms with E-state index in [0.717, 1.165) is 36.8 Å². The molecule has 8 rings (SSSR count). The third-order valence-electron chi connectivity index (χ3n) is 9.77. The molecule has 2 aromatic carbocycles. The van der Waals surface area contributed by atoms with Crippen LogP contribution in [0.1, 0.15) is 37.7 Å². The minimum atomic E-state index is -1.08. The summed E-state index contributed by atoms with van der Waals surface area (Å²) in [6, 6.07) is 4.40. The van der Waals surface area contributed by atoms with Gasteiger partial charge in [-0.15, -0.1) is 11.3 Å². The van der Waals surface area contributed by atoms with Crippen LogP contribution < -0.4 is 20.1 Å². The van der Waals surface area contributed by atoms with E-state index in [0.29, 0.717) is 13.0 Å². The SMILES string of the molecule is CN1CC2(CC(F)C2)Oc2c(Cl)c(-c3ccc(F)c4sc(N)c(C#N)c34)c(F)c3nc(OC[C@@]45CCCN4C[C@H](F)C5)nc1c23. The van der Waals surface area contributed by atoms with E-state index in [-0.39, 0.29) is 91.3 Å². The highest BCUT2D eigenvalue weighted by Gasteiger charge is 2.51. The van der Waals surface area contributed by atoms with Gasteiger partial charge in [-0.2, -0.15) is 15.2 Å². The molecule has 0 bridgehead atoms. The Labute approximate surface area is 264 Å². The number of hydrogen-bond donors (Lipinski definition) is 1. The molecule has 3 aliphatic heterocycles.